The van der Waals surface area contributed by atoms with Crippen LogP contribution in [0.2, 0.25) is 0 Å². The Bertz CT molecular complexity index is 671. The van der Waals surface area contributed by atoms with Crippen molar-refractivity contribution in [3.63, 3.8) is 0 Å². The van der Waals surface area contributed by atoms with Crippen LogP contribution in [0.25, 0.3) is 0 Å². The van der Waals surface area contributed by atoms with Crippen molar-refractivity contribution in [3.05, 3.63) is 51.6 Å². The fourth-order valence-electron chi connectivity index (χ4n) is 1.93. The molecule has 2 aromatic carbocycles. The highest BCUT2D eigenvalue weighted by Gasteiger charge is 2.10. The molecule has 22 heavy (non-hydrogen) atoms. The highest BCUT2D eigenvalue weighted by atomic mass is 127. The van der Waals surface area contributed by atoms with Gasteiger partial charge in [0.25, 0.3) is 5.91 Å². The zero-order chi connectivity index (χ0) is 16.1. The standard InChI is InChI=1S/C17H18INO3/c1-11(2)22-14-6-4-5-13(10-14)19-17(20)12-7-8-16(21-3)15(18)9-12/h4-11H,1-3H3,(H,19,20). The van der Waals surface area contributed by atoms with Crippen molar-refractivity contribution in [2.24, 2.45) is 0 Å². The van der Waals surface area contributed by atoms with E-state index in [9.17, 15) is 4.79 Å². The van der Waals surface area contributed by atoms with Crippen LogP contribution in [-0.2, 0) is 0 Å². The molecule has 2 aromatic rings. The summed E-state index contributed by atoms with van der Waals surface area (Å²) in [6, 6.07) is 12.7. The number of amides is 1. The summed E-state index contributed by atoms with van der Waals surface area (Å²) in [4.78, 5) is 12.3. The van der Waals surface area contributed by atoms with Gasteiger partial charge in [-0.05, 0) is 66.8 Å². The van der Waals surface area contributed by atoms with Crippen molar-refractivity contribution in [1.82, 2.24) is 0 Å². The number of hydrogen-bond acceptors (Lipinski definition) is 3. The van der Waals surface area contributed by atoms with Crippen LogP contribution in [0, 0.1) is 3.57 Å². The molecule has 0 spiro atoms. The Morgan fingerprint density at radius 2 is 1.95 bits per heavy atom. The van der Waals surface area contributed by atoms with E-state index < -0.39 is 0 Å². The number of rotatable bonds is 5. The number of anilines is 1. The minimum atomic E-state index is -0.165. The first-order chi connectivity index (χ1) is 10.5. The van der Waals surface area contributed by atoms with Crippen molar-refractivity contribution < 1.29 is 14.3 Å². The molecule has 0 unspecified atom stereocenters. The first-order valence-electron chi connectivity index (χ1n) is 6.91. The van der Waals surface area contributed by atoms with Gasteiger partial charge in [0.2, 0.25) is 0 Å². The van der Waals surface area contributed by atoms with Crippen LogP contribution >= 0.6 is 22.6 Å². The first kappa shape index (κ1) is 16.6. The molecule has 1 amide bonds. The average molecular weight is 411 g/mol. The fourth-order valence-corrected chi connectivity index (χ4v) is 2.67. The molecule has 4 nitrogen and oxygen atoms in total. The largest absolute Gasteiger partial charge is 0.496 e. The quantitative estimate of drug-likeness (QED) is 0.745. The Labute approximate surface area is 144 Å². The SMILES string of the molecule is COc1ccc(C(=O)Nc2cccc(OC(C)C)c2)cc1I. The van der Waals surface area contributed by atoms with Crippen molar-refractivity contribution >= 4 is 34.2 Å². The number of halogens is 1. The minimum Gasteiger partial charge on any atom is -0.496 e. The van der Waals surface area contributed by atoms with E-state index in [1.165, 1.54) is 0 Å². The molecule has 0 atom stereocenters. The Morgan fingerprint density at radius 3 is 2.59 bits per heavy atom. The van der Waals surface area contributed by atoms with Crippen LogP contribution in [0.15, 0.2) is 42.5 Å². The minimum absolute atomic E-state index is 0.0918. The Kier molecular flexibility index (Phi) is 5.65. The summed E-state index contributed by atoms with van der Waals surface area (Å²) in [6.07, 6.45) is 0.0918. The molecule has 0 aliphatic carbocycles. The van der Waals surface area contributed by atoms with Gasteiger partial charge < -0.3 is 14.8 Å². The molecule has 5 heteroatoms. The average Bonchev–Trinajstić information content (AvgIpc) is 2.46. The maximum atomic E-state index is 12.3. The smallest absolute Gasteiger partial charge is 0.255 e. The molecule has 0 fully saturated rings. The summed E-state index contributed by atoms with van der Waals surface area (Å²) in [7, 11) is 1.61. The molecular formula is C17H18INO3. The van der Waals surface area contributed by atoms with E-state index >= 15 is 0 Å². The summed E-state index contributed by atoms with van der Waals surface area (Å²) in [5.41, 5.74) is 1.29. The molecule has 116 valence electrons. The lowest BCUT2D eigenvalue weighted by Gasteiger charge is -2.12. The molecule has 0 aliphatic rings. The zero-order valence-electron chi connectivity index (χ0n) is 12.7. The van der Waals surface area contributed by atoms with Crippen LogP contribution < -0.4 is 14.8 Å². The van der Waals surface area contributed by atoms with Gasteiger partial charge in [-0.25, -0.2) is 0 Å². The summed E-state index contributed by atoms with van der Waals surface area (Å²) in [5, 5.41) is 2.87. The second-order valence-corrected chi connectivity index (χ2v) is 6.16. The molecule has 0 bridgehead atoms. The molecule has 0 aromatic heterocycles. The predicted molar refractivity (Wildman–Crippen MR) is 95.9 cm³/mol. The van der Waals surface area contributed by atoms with Crippen LogP contribution in [0.5, 0.6) is 11.5 Å². The van der Waals surface area contributed by atoms with Gasteiger partial charge in [0.05, 0.1) is 16.8 Å². The Balaban J connectivity index is 2.13. The van der Waals surface area contributed by atoms with E-state index in [1.54, 1.807) is 25.3 Å². The van der Waals surface area contributed by atoms with Gasteiger partial charge >= 0.3 is 0 Å². The fraction of sp³-hybridized carbons (Fsp3) is 0.235. The van der Waals surface area contributed by atoms with Gasteiger partial charge in [-0.1, -0.05) is 6.07 Å². The van der Waals surface area contributed by atoms with Crippen LogP contribution in [0.1, 0.15) is 24.2 Å². The van der Waals surface area contributed by atoms with Gasteiger partial charge in [-0.3, -0.25) is 4.79 Å². The van der Waals surface area contributed by atoms with E-state index in [1.807, 2.05) is 38.1 Å². The van der Waals surface area contributed by atoms with Crippen LogP contribution in [0.4, 0.5) is 5.69 Å². The number of carbonyl (C=O) groups excluding carboxylic acids is 1. The van der Waals surface area contributed by atoms with E-state index in [0.29, 0.717) is 11.3 Å². The van der Waals surface area contributed by atoms with Gasteiger partial charge in [-0.2, -0.15) is 0 Å². The van der Waals surface area contributed by atoms with E-state index in [2.05, 4.69) is 27.9 Å². The second-order valence-electron chi connectivity index (χ2n) is 5.00. The maximum absolute atomic E-state index is 12.3. The Hall–Kier alpha value is -1.76. The third-order valence-electron chi connectivity index (χ3n) is 2.88. The van der Waals surface area contributed by atoms with E-state index in [0.717, 1.165) is 15.1 Å². The molecular weight excluding hydrogens is 393 g/mol. The number of carbonyl (C=O) groups is 1. The zero-order valence-corrected chi connectivity index (χ0v) is 14.9. The highest BCUT2D eigenvalue weighted by molar-refractivity contribution is 14.1. The molecule has 0 saturated carbocycles. The summed E-state index contributed by atoms with van der Waals surface area (Å²) >= 11 is 2.14. The first-order valence-corrected chi connectivity index (χ1v) is 7.99. The normalized spacial score (nSPS) is 10.4. The van der Waals surface area contributed by atoms with Crippen molar-refractivity contribution in [3.8, 4) is 11.5 Å². The topological polar surface area (TPSA) is 47.6 Å². The van der Waals surface area contributed by atoms with Gasteiger partial charge in [0, 0.05) is 17.3 Å². The summed E-state index contributed by atoms with van der Waals surface area (Å²) < 4.78 is 11.7. The third-order valence-corrected chi connectivity index (χ3v) is 3.72. The second kappa shape index (κ2) is 7.49. The molecule has 0 aliphatic heterocycles. The van der Waals surface area contributed by atoms with E-state index in [-0.39, 0.29) is 12.0 Å². The van der Waals surface area contributed by atoms with Crippen LogP contribution in [-0.4, -0.2) is 19.1 Å². The number of methoxy groups -OCH3 is 1. The molecule has 1 N–H and O–H groups in total. The molecule has 2 rings (SSSR count). The molecule has 0 heterocycles. The molecule has 0 saturated heterocycles. The number of ether oxygens (including phenoxy) is 2. The van der Waals surface area contributed by atoms with Crippen molar-refractivity contribution in [2.45, 2.75) is 20.0 Å². The number of benzene rings is 2. The van der Waals surface area contributed by atoms with Crippen molar-refractivity contribution in [2.75, 3.05) is 12.4 Å². The number of hydrogen-bond donors (Lipinski definition) is 1. The highest BCUT2D eigenvalue weighted by Crippen LogP contribution is 2.23. The lowest BCUT2D eigenvalue weighted by atomic mass is 10.2. The maximum Gasteiger partial charge on any atom is 0.255 e. The van der Waals surface area contributed by atoms with Crippen LogP contribution in [0.3, 0.4) is 0 Å². The lowest BCUT2D eigenvalue weighted by molar-refractivity contribution is 0.102. The monoisotopic (exact) mass is 411 g/mol. The lowest BCUT2D eigenvalue weighted by Crippen LogP contribution is -2.12. The number of nitrogens with one attached hydrogen (secondary N) is 1. The molecule has 0 radical (unpaired) electrons. The third kappa shape index (κ3) is 4.37. The van der Waals surface area contributed by atoms with Gasteiger partial charge in [-0.15, -0.1) is 0 Å². The summed E-state index contributed by atoms with van der Waals surface area (Å²) in [5.74, 6) is 1.32. The van der Waals surface area contributed by atoms with E-state index in [4.69, 9.17) is 9.47 Å². The van der Waals surface area contributed by atoms with Gasteiger partial charge in [0.1, 0.15) is 11.5 Å². The Morgan fingerprint density at radius 1 is 1.18 bits per heavy atom. The van der Waals surface area contributed by atoms with Crippen molar-refractivity contribution in [1.29, 1.82) is 0 Å². The van der Waals surface area contributed by atoms with Gasteiger partial charge in [0.15, 0.2) is 0 Å². The summed E-state index contributed by atoms with van der Waals surface area (Å²) in [6.45, 7) is 3.93. The predicted octanol–water partition coefficient (Wildman–Crippen LogP) is 4.34.